The summed E-state index contributed by atoms with van der Waals surface area (Å²) in [6, 6.07) is 8.87. The van der Waals surface area contributed by atoms with Gasteiger partial charge in [0.05, 0.1) is 12.9 Å². The van der Waals surface area contributed by atoms with Crippen LogP contribution in [-0.4, -0.2) is 24.2 Å². The van der Waals surface area contributed by atoms with Gasteiger partial charge in [0.25, 0.3) is 0 Å². The van der Waals surface area contributed by atoms with Gasteiger partial charge in [0, 0.05) is 6.42 Å². The van der Waals surface area contributed by atoms with Crippen LogP contribution in [0.25, 0.3) is 0 Å². The fourth-order valence-electron chi connectivity index (χ4n) is 2.06. The molecule has 1 atom stereocenters. The summed E-state index contributed by atoms with van der Waals surface area (Å²) in [6.45, 7) is -3.12. The van der Waals surface area contributed by atoms with Crippen molar-refractivity contribution >= 4 is 5.91 Å². The van der Waals surface area contributed by atoms with Crippen LogP contribution < -0.4 is 10.1 Å². The van der Waals surface area contributed by atoms with Gasteiger partial charge in [-0.1, -0.05) is 12.1 Å². The molecule has 0 fully saturated rings. The number of alkyl halides is 2. The lowest BCUT2D eigenvalue weighted by molar-refractivity contribution is -0.122. The number of benzene rings is 1. The highest BCUT2D eigenvalue weighted by molar-refractivity contribution is 5.76. The van der Waals surface area contributed by atoms with Crippen LogP contribution in [0.3, 0.4) is 0 Å². The molecule has 0 spiro atoms. The lowest BCUT2D eigenvalue weighted by atomic mass is 10.1. The zero-order valence-electron chi connectivity index (χ0n) is 12.2. The van der Waals surface area contributed by atoms with E-state index in [4.69, 9.17) is 4.42 Å². The van der Waals surface area contributed by atoms with Crippen LogP contribution >= 0.6 is 0 Å². The minimum Gasteiger partial charge on any atom is -0.467 e. The highest BCUT2D eigenvalue weighted by Gasteiger charge is 2.15. The van der Waals surface area contributed by atoms with Gasteiger partial charge in [0.2, 0.25) is 5.91 Å². The van der Waals surface area contributed by atoms with E-state index >= 15 is 0 Å². The van der Waals surface area contributed by atoms with E-state index in [1.165, 1.54) is 18.4 Å². The molecule has 7 heteroatoms. The van der Waals surface area contributed by atoms with Crippen LogP contribution in [0, 0.1) is 0 Å². The standard InChI is InChI=1S/C16H17F2NO4/c17-16(18)23-12-6-3-11(4-7-12)5-8-15(21)19-13(10-20)14-2-1-9-22-14/h1-4,6-7,9,13,16,20H,5,8,10H2,(H,19,21). The second kappa shape index (κ2) is 8.28. The molecule has 0 aliphatic rings. The van der Waals surface area contributed by atoms with E-state index in [1.54, 1.807) is 24.3 Å². The first-order valence-corrected chi connectivity index (χ1v) is 7.06. The van der Waals surface area contributed by atoms with Crippen LogP contribution in [0.5, 0.6) is 5.75 Å². The molecular weight excluding hydrogens is 308 g/mol. The molecule has 23 heavy (non-hydrogen) atoms. The van der Waals surface area contributed by atoms with Crippen molar-refractivity contribution < 1.29 is 27.8 Å². The van der Waals surface area contributed by atoms with E-state index in [9.17, 15) is 18.7 Å². The molecule has 1 heterocycles. The molecule has 0 bridgehead atoms. The molecule has 2 N–H and O–H groups in total. The maximum atomic E-state index is 12.0. The van der Waals surface area contributed by atoms with E-state index < -0.39 is 12.7 Å². The molecule has 0 aliphatic heterocycles. The molecule has 0 saturated carbocycles. The Hall–Kier alpha value is -2.41. The van der Waals surface area contributed by atoms with Gasteiger partial charge in [-0.3, -0.25) is 4.79 Å². The third kappa shape index (κ3) is 5.37. The van der Waals surface area contributed by atoms with Gasteiger partial charge in [-0.25, -0.2) is 0 Å². The maximum absolute atomic E-state index is 12.0. The largest absolute Gasteiger partial charge is 0.467 e. The van der Waals surface area contributed by atoms with Crippen molar-refractivity contribution in [3.8, 4) is 5.75 Å². The quantitative estimate of drug-likeness (QED) is 0.783. The number of rotatable bonds is 8. The fraction of sp³-hybridized carbons (Fsp3) is 0.312. The van der Waals surface area contributed by atoms with Crippen molar-refractivity contribution in [1.29, 1.82) is 0 Å². The smallest absolute Gasteiger partial charge is 0.387 e. The minimum atomic E-state index is -2.86. The predicted molar refractivity (Wildman–Crippen MR) is 78.1 cm³/mol. The molecule has 1 unspecified atom stereocenters. The molecule has 1 aromatic carbocycles. The van der Waals surface area contributed by atoms with Crippen molar-refractivity contribution in [2.45, 2.75) is 25.5 Å². The van der Waals surface area contributed by atoms with Crippen LogP contribution in [0.2, 0.25) is 0 Å². The molecule has 2 aromatic rings. The van der Waals surface area contributed by atoms with Crippen molar-refractivity contribution in [3.05, 3.63) is 54.0 Å². The summed E-state index contributed by atoms with van der Waals surface area (Å²) in [7, 11) is 0. The second-order valence-corrected chi connectivity index (χ2v) is 4.84. The molecule has 5 nitrogen and oxygen atoms in total. The van der Waals surface area contributed by atoms with Gasteiger partial charge in [-0.05, 0) is 36.2 Å². The Balaban J connectivity index is 1.82. The number of nitrogens with one attached hydrogen (secondary N) is 1. The first-order valence-electron chi connectivity index (χ1n) is 7.06. The molecule has 0 saturated heterocycles. The van der Waals surface area contributed by atoms with Crippen molar-refractivity contribution in [2.24, 2.45) is 0 Å². The zero-order chi connectivity index (χ0) is 16.7. The minimum absolute atomic E-state index is 0.0753. The Morgan fingerprint density at radius 3 is 2.57 bits per heavy atom. The number of halogens is 2. The zero-order valence-corrected chi connectivity index (χ0v) is 12.2. The van der Waals surface area contributed by atoms with Gasteiger partial charge in [0.15, 0.2) is 0 Å². The molecule has 2 rings (SSSR count). The number of aliphatic hydroxyl groups excluding tert-OH is 1. The Bertz CT molecular complexity index is 599. The molecule has 0 aliphatic carbocycles. The average Bonchev–Trinajstić information content (AvgIpc) is 3.05. The average molecular weight is 325 g/mol. The Morgan fingerprint density at radius 2 is 2.00 bits per heavy atom. The summed E-state index contributed by atoms with van der Waals surface area (Å²) in [5, 5.41) is 12.0. The van der Waals surface area contributed by atoms with Crippen LogP contribution in [0.1, 0.15) is 23.8 Å². The normalized spacial score (nSPS) is 12.2. The summed E-state index contributed by atoms with van der Waals surface area (Å²) in [5.41, 5.74) is 0.820. The first kappa shape index (κ1) is 17.0. The SMILES string of the molecule is O=C(CCc1ccc(OC(F)F)cc1)NC(CO)c1ccco1. The molecule has 1 amide bonds. The van der Waals surface area contributed by atoms with Crippen LogP contribution in [0.15, 0.2) is 47.1 Å². The number of furan rings is 1. The Kier molecular flexibility index (Phi) is 6.10. The predicted octanol–water partition coefficient (Wildman–Crippen LogP) is 2.66. The van der Waals surface area contributed by atoms with Gasteiger partial charge in [0.1, 0.15) is 17.6 Å². The topological polar surface area (TPSA) is 71.7 Å². The molecule has 0 radical (unpaired) electrons. The number of amides is 1. The van der Waals surface area contributed by atoms with E-state index in [2.05, 4.69) is 10.1 Å². The number of aryl methyl sites for hydroxylation is 1. The van der Waals surface area contributed by atoms with E-state index in [0.717, 1.165) is 5.56 Å². The maximum Gasteiger partial charge on any atom is 0.387 e. The fourth-order valence-corrected chi connectivity index (χ4v) is 2.06. The summed E-state index contributed by atoms with van der Waals surface area (Å²) < 4.78 is 33.5. The highest BCUT2D eigenvalue weighted by Crippen LogP contribution is 2.16. The van der Waals surface area contributed by atoms with Crippen molar-refractivity contribution in [2.75, 3.05) is 6.61 Å². The van der Waals surface area contributed by atoms with Gasteiger partial charge in [-0.2, -0.15) is 8.78 Å². The number of hydrogen-bond donors (Lipinski definition) is 2. The second-order valence-electron chi connectivity index (χ2n) is 4.84. The summed E-state index contributed by atoms with van der Waals surface area (Å²) in [6.07, 6.45) is 2.11. The lowest BCUT2D eigenvalue weighted by Gasteiger charge is -2.14. The summed E-state index contributed by atoms with van der Waals surface area (Å²) in [4.78, 5) is 11.9. The third-order valence-corrected chi connectivity index (χ3v) is 3.19. The van der Waals surface area contributed by atoms with Crippen molar-refractivity contribution in [3.63, 3.8) is 0 Å². The molecule has 1 aromatic heterocycles. The number of aliphatic hydroxyl groups is 1. The summed E-state index contributed by atoms with van der Waals surface area (Å²) in [5.74, 6) is 0.314. The van der Waals surface area contributed by atoms with Crippen LogP contribution in [-0.2, 0) is 11.2 Å². The first-order chi connectivity index (χ1) is 11.1. The van der Waals surface area contributed by atoms with E-state index in [0.29, 0.717) is 12.2 Å². The monoisotopic (exact) mass is 325 g/mol. The van der Waals surface area contributed by atoms with Crippen molar-refractivity contribution in [1.82, 2.24) is 5.32 Å². The number of carbonyl (C=O) groups excluding carboxylic acids is 1. The van der Waals surface area contributed by atoms with Crippen LogP contribution in [0.4, 0.5) is 8.78 Å². The molecule has 124 valence electrons. The van der Waals surface area contributed by atoms with E-state index in [1.807, 2.05) is 0 Å². The summed E-state index contributed by atoms with van der Waals surface area (Å²) >= 11 is 0. The molecular formula is C16H17F2NO4. The van der Waals surface area contributed by atoms with E-state index in [-0.39, 0.29) is 24.7 Å². The number of ether oxygens (including phenoxy) is 1. The lowest BCUT2D eigenvalue weighted by Crippen LogP contribution is -2.30. The Labute approximate surface area is 131 Å². The third-order valence-electron chi connectivity index (χ3n) is 3.19. The highest BCUT2D eigenvalue weighted by atomic mass is 19.3. The number of carbonyl (C=O) groups is 1. The Morgan fingerprint density at radius 1 is 1.26 bits per heavy atom. The number of hydrogen-bond acceptors (Lipinski definition) is 4. The van der Waals surface area contributed by atoms with Gasteiger partial charge >= 0.3 is 6.61 Å². The van der Waals surface area contributed by atoms with Gasteiger partial charge in [-0.15, -0.1) is 0 Å². The van der Waals surface area contributed by atoms with Gasteiger partial charge < -0.3 is 19.6 Å².